The molecule has 145 heavy (non-hydrogen) atoms. The number of nitrogens with two attached hydrogens (primary N) is 2. The van der Waals surface area contributed by atoms with E-state index in [0.717, 1.165) is 147 Å². The van der Waals surface area contributed by atoms with Crippen molar-refractivity contribution in [1.82, 2.24) is 74.7 Å². The highest BCUT2D eigenvalue weighted by Crippen LogP contribution is 2.35. The molecule has 1 aliphatic rings. The fourth-order valence-corrected chi connectivity index (χ4v) is 13.4. The van der Waals surface area contributed by atoms with Gasteiger partial charge in [0.1, 0.15) is 87.5 Å². The molecular weight excluding hydrogens is 1950 g/mol. The number of nitrogens with zero attached hydrogens (tertiary/aromatic N) is 14. The van der Waals surface area contributed by atoms with E-state index in [1.807, 2.05) is 179 Å². The number of morpholine rings is 1. The zero-order valence-corrected chi connectivity index (χ0v) is 84.7. The average molecular weight is 2060 g/mol. The quantitative estimate of drug-likeness (QED) is 0.00321. The number of hydrogen-bond donors (Lipinski definition) is 7. The first-order valence-corrected chi connectivity index (χ1v) is 47.9. The highest BCUT2D eigenvalue weighted by molar-refractivity contribution is 9.09. The molecule has 1 aliphatic heterocycles. The van der Waals surface area contributed by atoms with Gasteiger partial charge in [-0.25, -0.2) is 39.9 Å². The van der Waals surface area contributed by atoms with E-state index in [0.29, 0.717) is 58.5 Å². The number of aryl methyl sites for hydroxylation is 3. The van der Waals surface area contributed by atoms with Crippen molar-refractivity contribution >= 4 is 83.8 Å². The van der Waals surface area contributed by atoms with Crippen molar-refractivity contribution in [3.63, 3.8) is 0 Å². The molecule has 0 aliphatic carbocycles. The summed E-state index contributed by atoms with van der Waals surface area (Å²) in [6.07, 6.45) is 16.0. The predicted molar refractivity (Wildman–Crippen MR) is 557 cm³/mol. The summed E-state index contributed by atoms with van der Waals surface area (Å²) in [5, 5.41) is 16.4. The number of hydrogen-bond acceptors (Lipinski definition) is 33. The largest absolute Gasteiger partial charge is 0.534 e. The summed E-state index contributed by atoms with van der Waals surface area (Å²) in [4.78, 5) is 95.7. The molecule has 0 amide bonds. The molecule has 35 nitrogen and oxygen atoms in total. The number of Topliss-reactive ketones (excluding diaryl/α,β-unsaturated/α-hetero) is 1. The molecule has 2 unspecified atom stereocenters. The van der Waals surface area contributed by atoms with Crippen molar-refractivity contribution in [2.75, 3.05) is 97.3 Å². The number of ketones is 1. The second kappa shape index (κ2) is 58.2. The second-order valence-corrected chi connectivity index (χ2v) is 33.6. The molecule has 9 aromatic heterocycles. The van der Waals surface area contributed by atoms with Gasteiger partial charge in [0, 0.05) is 133 Å². The molecule has 9 N–H and O–H groups in total. The van der Waals surface area contributed by atoms with Crippen LogP contribution in [0.25, 0.3) is 56.3 Å². The summed E-state index contributed by atoms with van der Waals surface area (Å²) in [5.74, 6) is 8.35. The van der Waals surface area contributed by atoms with E-state index < -0.39 is 27.5 Å². The van der Waals surface area contributed by atoms with Crippen molar-refractivity contribution < 1.29 is 73.3 Å². The van der Waals surface area contributed by atoms with Crippen LogP contribution in [-0.2, 0) is 43.6 Å². The minimum absolute atomic E-state index is 0.0394. The van der Waals surface area contributed by atoms with Crippen LogP contribution in [0.5, 0.6) is 40.4 Å². The predicted octanol–water partition coefficient (Wildman–Crippen LogP) is 20.1. The summed E-state index contributed by atoms with van der Waals surface area (Å²) in [6, 6.07) is 67.9. The molecule has 1 fully saturated rings. The number of carbonyl (C=O) groups is 2. The number of aromatic amines is 1. The van der Waals surface area contributed by atoms with E-state index >= 15 is 0 Å². The Kier molecular flexibility index (Phi) is 45.0. The number of benzene rings is 6. The van der Waals surface area contributed by atoms with Gasteiger partial charge >= 0.3 is 21.6 Å². The first-order valence-electron chi connectivity index (χ1n) is 45.5. The maximum Gasteiger partial charge on any atom is 0.534 e. The number of esters is 1. The highest BCUT2D eigenvalue weighted by Gasteiger charge is 2.49. The number of methoxy groups -OCH3 is 6. The van der Waals surface area contributed by atoms with E-state index in [4.69, 9.17) is 64.7 Å². The van der Waals surface area contributed by atoms with Gasteiger partial charge in [0.05, 0.1) is 149 Å². The van der Waals surface area contributed by atoms with E-state index in [1.54, 1.807) is 153 Å². The summed E-state index contributed by atoms with van der Waals surface area (Å²) >= 11 is 3.55. The fourth-order valence-electron chi connectivity index (χ4n) is 12.8. The number of carbonyl (C=O) groups excluding carboxylic acids is 2. The Hall–Kier alpha value is -16.3. The van der Waals surface area contributed by atoms with Gasteiger partial charge in [-0.1, -0.05) is 116 Å². The Morgan fingerprint density at radius 1 is 0.483 bits per heavy atom. The second-order valence-electron chi connectivity index (χ2n) is 30.7. The van der Waals surface area contributed by atoms with Crippen LogP contribution in [0.3, 0.4) is 0 Å². The molecule has 1 saturated heterocycles. The molecule has 0 radical (unpaired) electrons. The smallest absolute Gasteiger partial charge is 0.497 e. The summed E-state index contributed by atoms with van der Waals surface area (Å²) < 4.78 is 105. The third kappa shape index (κ3) is 37.2. The molecule has 0 spiro atoms. The standard InChI is InChI=1S/C22H25N5O2.C18H17BrN4O.C18H18N4O.C14H13F3N2O4S.C13H14N2O2.C12H14O4.C5H6N2.C3H8N2/c1-16(27-9-11-29-12-10-27)22-25-20(17-5-3-7-19(13-17)28-2)14-21(26-22)24-18-6-4-8-23-15-18;1-12(19)18-22-16(13-5-3-7-15(9-13)24-2)10-17(23-18)21-14-6-4-8-20-11-14;1-3-17-21-16(13-6-4-8-15(10-13)23-2)11-18(22-17)20-14-7-5-9-19-12-14;1-3-12-18-11(9-5-4-6-10(7-9)22-2)8-13(19-12)23-24(20,21)14(15,16)17;1-3-12-14-11(8-13(16)15-12)9-5-4-6-10(7-9)17-2;1-3-16-12(14)8-11(13)9-5-4-6-10(7-9)15-2;6-5-2-1-3-7-4-5;1-2-3(4)5/h3-8,13-16H,9-12H2,1-2H3,(H,24,25,26);3-12H,1-2H3,(H,21,22,23);4-12H,3H2,1-2H3,(H,20,21,22);4-8H,3H2,1-2H3;4-8H,3H2,1-2H3,(H,14,15,16);4-7H,3,8H2,1-2H3;1-4H,6H2;2H2,1H3,(H3,4,5). The lowest BCUT2D eigenvalue weighted by molar-refractivity contribution is -0.142. The fraction of sp³-hybridized carbons (Fsp3) is 0.248. The van der Waals surface area contributed by atoms with Crippen LogP contribution in [0.1, 0.15) is 112 Å². The molecule has 10 heterocycles. The first kappa shape index (κ1) is 112. The Morgan fingerprint density at radius 3 is 1.23 bits per heavy atom. The first-order chi connectivity index (χ1) is 69.9. The number of amidine groups is 1. The van der Waals surface area contributed by atoms with Crippen LogP contribution in [-0.4, -0.2) is 182 Å². The third-order valence-electron chi connectivity index (χ3n) is 20.3. The van der Waals surface area contributed by atoms with Crippen molar-refractivity contribution in [2.45, 2.75) is 96.9 Å². The number of ether oxygens (including phenoxy) is 8. The van der Waals surface area contributed by atoms with Crippen LogP contribution in [0.2, 0.25) is 0 Å². The molecule has 758 valence electrons. The SMILES string of the molecule is CCC(=N)N.CCOC(=O)CC(=O)c1cccc(OC)c1.CCc1nc(-c2cccc(OC)c2)cc(=O)[nH]1.CCc1nc(Nc2cccnc2)cc(-c2cccc(OC)c2)n1.CCc1nc(OS(=O)(=O)C(F)(F)F)cc(-c2cccc(OC)c2)n1.COc1cccc(-c2cc(Nc3cccnc3)nc(C(C)Br)n2)c1.COc1cccc(-c2cc(Nc3cccnc3)nc(C(C)N3CCOCC3)n2)c1.Nc1cccnc1. The minimum Gasteiger partial charge on any atom is -0.497 e. The van der Waals surface area contributed by atoms with Crippen molar-refractivity contribution in [3.05, 3.63) is 319 Å². The lowest BCUT2D eigenvalue weighted by atomic mass is 10.1. The zero-order chi connectivity index (χ0) is 105. The van der Waals surface area contributed by atoms with Crippen molar-refractivity contribution in [1.29, 1.82) is 5.41 Å². The monoisotopic (exact) mass is 2060 g/mol. The van der Waals surface area contributed by atoms with E-state index in [1.165, 1.54) is 20.3 Å². The lowest BCUT2D eigenvalue weighted by Crippen LogP contribution is -2.38. The van der Waals surface area contributed by atoms with Crippen LogP contribution >= 0.6 is 15.9 Å². The van der Waals surface area contributed by atoms with Gasteiger partial charge < -0.3 is 74.5 Å². The highest BCUT2D eigenvalue weighted by atomic mass is 79.9. The normalized spacial score (nSPS) is 11.6. The number of alkyl halides is 4. The molecule has 0 bridgehead atoms. The molecule has 6 aromatic carbocycles. The maximum atomic E-state index is 12.5. The van der Waals surface area contributed by atoms with E-state index in [9.17, 15) is 36.0 Å². The topological polar surface area (TPSA) is 467 Å². The van der Waals surface area contributed by atoms with Gasteiger partial charge in [-0.2, -0.15) is 26.6 Å². The molecular formula is C105H115BrF3N21O14S. The summed E-state index contributed by atoms with van der Waals surface area (Å²) in [5.41, 5.74) is 16.1. The number of rotatable bonds is 30. The Balaban J connectivity index is 0.000000191. The van der Waals surface area contributed by atoms with E-state index in [2.05, 4.69) is 108 Å². The molecule has 40 heteroatoms. The number of nitrogen functional groups attached to an aromatic ring is 1. The van der Waals surface area contributed by atoms with Crippen molar-refractivity contribution in [2.24, 2.45) is 5.73 Å². The Labute approximate surface area is 847 Å². The molecule has 2 atom stereocenters. The number of H-pyrrole nitrogens is 1. The third-order valence-corrected chi connectivity index (χ3v) is 21.6. The Morgan fingerprint density at radius 2 is 0.862 bits per heavy atom. The number of pyridine rings is 4. The van der Waals surface area contributed by atoms with Gasteiger partial charge in [-0.15, -0.1) is 0 Å². The van der Waals surface area contributed by atoms with Gasteiger partial charge in [0.15, 0.2) is 5.78 Å². The van der Waals surface area contributed by atoms with Gasteiger partial charge in [0.25, 0.3) is 5.56 Å². The summed E-state index contributed by atoms with van der Waals surface area (Å²) in [7, 11) is 3.77. The van der Waals surface area contributed by atoms with Crippen LogP contribution in [0, 0.1) is 5.41 Å². The number of nitrogens with one attached hydrogen (secondary N) is 5. The van der Waals surface area contributed by atoms with Crippen LogP contribution < -0.4 is 65.6 Å². The van der Waals surface area contributed by atoms with Gasteiger partial charge in [-0.3, -0.25) is 44.6 Å². The zero-order valence-electron chi connectivity index (χ0n) is 82.3. The number of anilines is 7. The molecule has 15 aromatic rings. The lowest BCUT2D eigenvalue weighted by Gasteiger charge is -2.31. The molecule has 0 saturated carbocycles. The minimum atomic E-state index is -5.80. The van der Waals surface area contributed by atoms with Crippen LogP contribution in [0.15, 0.2) is 279 Å². The Bertz CT molecular complexity index is 6800. The van der Waals surface area contributed by atoms with Crippen molar-refractivity contribution in [3.8, 4) is 96.7 Å². The maximum absolute atomic E-state index is 12.5. The number of halogens is 4. The molecule has 16 rings (SSSR count). The van der Waals surface area contributed by atoms with Gasteiger partial charge in [0.2, 0.25) is 5.88 Å². The summed E-state index contributed by atoms with van der Waals surface area (Å²) in [6.45, 7) is 16.9. The van der Waals surface area contributed by atoms with E-state index in [-0.39, 0.29) is 59.0 Å². The van der Waals surface area contributed by atoms with Crippen LogP contribution in [0.4, 0.5) is 53.4 Å². The average Bonchev–Trinajstić information content (AvgIpc) is 0.811. The van der Waals surface area contributed by atoms with Gasteiger partial charge in [-0.05, 0) is 142 Å². The number of aromatic nitrogens is 14.